The quantitative estimate of drug-likeness (QED) is 0.486. The van der Waals surface area contributed by atoms with Crippen LogP contribution in [0.4, 0.5) is 39.2 Å². The van der Waals surface area contributed by atoms with Crippen LogP contribution in [-0.4, -0.2) is 72.7 Å². The number of hydrogen-bond donors (Lipinski definition) is 3. The molecule has 4 heterocycles. The third kappa shape index (κ3) is 5.17. The second-order valence-electron chi connectivity index (χ2n) is 8.23. The number of hydrogen-bond acceptors (Lipinski definition) is 10. The Morgan fingerprint density at radius 1 is 1.11 bits per heavy atom. The molecule has 0 saturated carbocycles. The molecule has 0 radical (unpaired) electrons. The minimum atomic E-state index is -0.654. The number of halogens is 1. The molecule has 2 aliphatic heterocycles. The first-order valence-corrected chi connectivity index (χ1v) is 11.1. The van der Waals surface area contributed by atoms with Crippen molar-refractivity contribution in [1.29, 1.82) is 0 Å². The van der Waals surface area contributed by atoms with Crippen molar-refractivity contribution in [3.05, 3.63) is 42.3 Å². The van der Waals surface area contributed by atoms with E-state index in [2.05, 4.69) is 47.7 Å². The second-order valence-corrected chi connectivity index (χ2v) is 8.23. The van der Waals surface area contributed by atoms with Gasteiger partial charge in [0, 0.05) is 49.7 Å². The normalized spacial score (nSPS) is 15.6. The predicted octanol–water partition coefficient (Wildman–Crippen LogP) is 2.59. The molecule has 35 heavy (non-hydrogen) atoms. The summed E-state index contributed by atoms with van der Waals surface area (Å²) in [6.07, 6.45) is 1.07. The lowest BCUT2D eigenvalue weighted by atomic mass is 10.2. The minimum Gasteiger partial charge on any atom is -0.497 e. The minimum absolute atomic E-state index is 0.0693. The lowest BCUT2D eigenvalue weighted by Gasteiger charge is -2.34. The molecule has 1 fully saturated rings. The smallest absolute Gasteiger partial charge is 0.263 e. The molecule has 1 amide bonds. The van der Waals surface area contributed by atoms with Crippen LogP contribution in [0.3, 0.4) is 0 Å². The Bertz CT molecular complexity index is 1250. The number of aromatic nitrogens is 3. The number of fused-ring (bicyclic) bond motifs is 1. The van der Waals surface area contributed by atoms with Gasteiger partial charge in [0.05, 0.1) is 13.3 Å². The van der Waals surface area contributed by atoms with Crippen molar-refractivity contribution in [2.75, 3.05) is 67.8 Å². The summed E-state index contributed by atoms with van der Waals surface area (Å²) in [5, 5.41) is 8.58. The van der Waals surface area contributed by atoms with Crippen molar-refractivity contribution in [2.24, 2.45) is 0 Å². The summed E-state index contributed by atoms with van der Waals surface area (Å²) in [5.41, 5.74) is 1.73. The number of amides is 1. The van der Waals surface area contributed by atoms with Crippen LogP contribution in [-0.2, 0) is 4.79 Å². The summed E-state index contributed by atoms with van der Waals surface area (Å²) in [5.74, 6) is 0.835. The van der Waals surface area contributed by atoms with Gasteiger partial charge in [-0.1, -0.05) is 0 Å². The first kappa shape index (κ1) is 22.6. The maximum atomic E-state index is 14.5. The van der Waals surface area contributed by atoms with E-state index in [1.807, 2.05) is 18.2 Å². The van der Waals surface area contributed by atoms with Gasteiger partial charge in [0.15, 0.2) is 29.8 Å². The number of rotatable bonds is 6. The number of likely N-dealkylation sites (N-methyl/N-ethyl adjacent to an activating group) is 1. The van der Waals surface area contributed by atoms with Crippen molar-refractivity contribution < 1.29 is 18.7 Å². The van der Waals surface area contributed by atoms with Gasteiger partial charge >= 0.3 is 0 Å². The fraction of sp³-hybridized carbons (Fsp3) is 0.304. The molecular weight excluding hydrogens is 455 g/mol. The standard InChI is InChI=1S/C23H25FN8O3/c1-31-5-7-32(8-6-31)15-9-14(10-16(11-15)34-2)26-23-25-12-17(24)21(30-23)27-19-4-3-18-22(28-19)29-20(33)13-35-18/h3-4,9-12H,5-8,13H2,1-2H3,(H3,25,26,27,28,29,30,33). The van der Waals surface area contributed by atoms with Crippen LogP contribution < -0.4 is 30.3 Å². The van der Waals surface area contributed by atoms with Gasteiger partial charge in [-0.3, -0.25) is 4.79 Å². The number of benzene rings is 1. The fourth-order valence-corrected chi connectivity index (χ4v) is 3.82. The van der Waals surface area contributed by atoms with Gasteiger partial charge in [0.25, 0.3) is 5.91 Å². The highest BCUT2D eigenvalue weighted by Gasteiger charge is 2.19. The lowest BCUT2D eigenvalue weighted by Crippen LogP contribution is -2.44. The average Bonchev–Trinajstić information content (AvgIpc) is 2.86. The average molecular weight is 481 g/mol. The number of piperazine rings is 1. The van der Waals surface area contributed by atoms with E-state index in [4.69, 9.17) is 9.47 Å². The molecule has 0 aliphatic carbocycles. The molecule has 0 spiro atoms. The van der Waals surface area contributed by atoms with Crippen LogP contribution in [0.25, 0.3) is 0 Å². The van der Waals surface area contributed by atoms with Crippen molar-refractivity contribution in [2.45, 2.75) is 0 Å². The Labute approximate surface area is 201 Å². The highest BCUT2D eigenvalue weighted by molar-refractivity contribution is 5.94. The second kappa shape index (κ2) is 9.58. The molecule has 1 aromatic carbocycles. The largest absolute Gasteiger partial charge is 0.497 e. The van der Waals surface area contributed by atoms with E-state index < -0.39 is 5.82 Å². The zero-order chi connectivity index (χ0) is 24.4. The molecule has 11 nitrogen and oxygen atoms in total. The van der Waals surface area contributed by atoms with E-state index in [-0.39, 0.29) is 35.9 Å². The number of carbonyl (C=O) groups excluding carboxylic acids is 1. The number of methoxy groups -OCH3 is 1. The lowest BCUT2D eigenvalue weighted by molar-refractivity contribution is -0.118. The SMILES string of the molecule is COc1cc(Nc2ncc(F)c(Nc3ccc4c(n3)NC(=O)CO4)n2)cc(N2CCN(C)CC2)c1. The van der Waals surface area contributed by atoms with Gasteiger partial charge in [-0.25, -0.2) is 14.4 Å². The number of pyridine rings is 1. The molecule has 2 aliphatic rings. The summed E-state index contributed by atoms with van der Waals surface area (Å²) >= 11 is 0. The van der Waals surface area contributed by atoms with Crippen molar-refractivity contribution in [1.82, 2.24) is 19.9 Å². The molecule has 0 atom stereocenters. The summed E-state index contributed by atoms with van der Waals surface area (Å²) in [6, 6.07) is 9.04. The summed E-state index contributed by atoms with van der Waals surface area (Å²) in [6.45, 7) is 3.69. The number of anilines is 6. The number of nitrogens with one attached hydrogen (secondary N) is 3. The van der Waals surface area contributed by atoms with Crippen LogP contribution in [0.2, 0.25) is 0 Å². The molecule has 3 N–H and O–H groups in total. The molecule has 0 unspecified atom stereocenters. The van der Waals surface area contributed by atoms with Crippen molar-refractivity contribution in [3.8, 4) is 11.5 Å². The van der Waals surface area contributed by atoms with E-state index >= 15 is 0 Å². The highest BCUT2D eigenvalue weighted by atomic mass is 19.1. The molecule has 182 valence electrons. The number of nitrogens with zero attached hydrogens (tertiary/aromatic N) is 5. The van der Waals surface area contributed by atoms with Gasteiger partial charge < -0.3 is 35.2 Å². The highest BCUT2D eigenvalue weighted by Crippen LogP contribution is 2.31. The molecular formula is C23H25FN8O3. The van der Waals surface area contributed by atoms with Gasteiger partial charge in [-0.05, 0) is 25.2 Å². The van der Waals surface area contributed by atoms with Crippen LogP contribution in [0, 0.1) is 5.82 Å². The van der Waals surface area contributed by atoms with E-state index in [0.717, 1.165) is 38.1 Å². The van der Waals surface area contributed by atoms with Gasteiger partial charge in [-0.2, -0.15) is 4.98 Å². The zero-order valence-corrected chi connectivity index (χ0v) is 19.3. The molecule has 1 saturated heterocycles. The van der Waals surface area contributed by atoms with Crippen molar-refractivity contribution in [3.63, 3.8) is 0 Å². The molecule has 0 bridgehead atoms. The van der Waals surface area contributed by atoms with Gasteiger partial charge in [0.1, 0.15) is 11.6 Å². The zero-order valence-electron chi connectivity index (χ0n) is 19.3. The monoisotopic (exact) mass is 480 g/mol. The topological polar surface area (TPSA) is 117 Å². The summed E-state index contributed by atoms with van der Waals surface area (Å²) < 4.78 is 25.3. The van der Waals surface area contributed by atoms with Crippen LogP contribution in [0.1, 0.15) is 0 Å². The third-order valence-corrected chi connectivity index (χ3v) is 5.72. The van der Waals surface area contributed by atoms with Crippen molar-refractivity contribution >= 4 is 40.7 Å². The van der Waals surface area contributed by atoms with E-state index in [1.54, 1.807) is 19.2 Å². The fourth-order valence-electron chi connectivity index (χ4n) is 3.82. The molecule has 3 aromatic rings. The van der Waals surface area contributed by atoms with E-state index in [1.165, 1.54) is 0 Å². The first-order valence-electron chi connectivity index (χ1n) is 11.1. The molecule has 2 aromatic heterocycles. The van der Waals surface area contributed by atoms with Gasteiger partial charge in [-0.15, -0.1) is 0 Å². The Morgan fingerprint density at radius 3 is 2.74 bits per heavy atom. The summed E-state index contributed by atoms with van der Waals surface area (Å²) in [7, 11) is 3.72. The van der Waals surface area contributed by atoms with E-state index in [0.29, 0.717) is 17.2 Å². The summed E-state index contributed by atoms with van der Waals surface area (Å²) in [4.78, 5) is 28.7. The maximum absolute atomic E-state index is 14.5. The molecule has 5 rings (SSSR count). The Kier molecular flexibility index (Phi) is 6.19. The number of ether oxygens (including phenoxy) is 2. The van der Waals surface area contributed by atoms with Crippen LogP contribution in [0.15, 0.2) is 36.5 Å². The van der Waals surface area contributed by atoms with Crippen LogP contribution in [0.5, 0.6) is 11.5 Å². The van der Waals surface area contributed by atoms with Crippen LogP contribution >= 0.6 is 0 Å². The molecule has 12 heteroatoms. The maximum Gasteiger partial charge on any atom is 0.263 e. The Hall–Kier alpha value is -4.19. The first-order chi connectivity index (χ1) is 17.0. The predicted molar refractivity (Wildman–Crippen MR) is 130 cm³/mol. The third-order valence-electron chi connectivity index (χ3n) is 5.72. The van der Waals surface area contributed by atoms with E-state index in [9.17, 15) is 9.18 Å². The van der Waals surface area contributed by atoms with Gasteiger partial charge in [0.2, 0.25) is 5.95 Å². The Balaban J connectivity index is 1.36. The number of carbonyl (C=O) groups is 1. The Morgan fingerprint density at radius 2 is 1.94 bits per heavy atom.